The highest BCUT2D eigenvalue weighted by Crippen LogP contribution is 2.29. The van der Waals surface area contributed by atoms with Crippen molar-refractivity contribution in [2.24, 2.45) is 0 Å². The van der Waals surface area contributed by atoms with Gasteiger partial charge in [-0.1, -0.05) is 78.5 Å². The Hall–Kier alpha value is -3.51. The summed E-state index contributed by atoms with van der Waals surface area (Å²) in [5.74, 6) is 0.0957. The largest absolute Gasteiger partial charge is 0.325 e. The van der Waals surface area contributed by atoms with Crippen molar-refractivity contribution in [1.29, 1.82) is 0 Å². The molecule has 31 heavy (non-hydrogen) atoms. The minimum atomic E-state index is -0.106. The molecular weight excluding hydrogens is 404 g/mol. The molecule has 0 spiro atoms. The van der Waals surface area contributed by atoms with E-state index in [9.17, 15) is 4.79 Å². The van der Waals surface area contributed by atoms with E-state index in [0.29, 0.717) is 5.16 Å². The average molecular weight is 427 g/mol. The van der Waals surface area contributed by atoms with E-state index in [2.05, 4.69) is 15.5 Å². The predicted molar refractivity (Wildman–Crippen MR) is 126 cm³/mol. The number of anilines is 1. The molecule has 6 heteroatoms. The number of nitrogens with one attached hydrogen (secondary N) is 1. The Morgan fingerprint density at radius 3 is 2.10 bits per heavy atom. The van der Waals surface area contributed by atoms with Gasteiger partial charge in [-0.05, 0) is 37.1 Å². The summed E-state index contributed by atoms with van der Waals surface area (Å²) in [5, 5.41) is 12.1. The van der Waals surface area contributed by atoms with Gasteiger partial charge in [0.05, 0.1) is 5.75 Å². The number of hydrogen-bond donors (Lipinski definition) is 1. The van der Waals surface area contributed by atoms with E-state index < -0.39 is 0 Å². The van der Waals surface area contributed by atoms with Crippen LogP contribution in [0.3, 0.4) is 0 Å². The molecule has 3 aromatic carbocycles. The number of carbonyl (C=O) groups excluding carboxylic acids is 1. The number of rotatable bonds is 6. The van der Waals surface area contributed by atoms with Crippen LogP contribution in [0, 0.1) is 13.8 Å². The summed E-state index contributed by atoms with van der Waals surface area (Å²) >= 11 is 1.27. The zero-order chi connectivity index (χ0) is 21.6. The summed E-state index contributed by atoms with van der Waals surface area (Å²) in [5.41, 5.74) is 6.50. The maximum Gasteiger partial charge on any atom is 0.234 e. The van der Waals surface area contributed by atoms with E-state index in [-0.39, 0.29) is 11.7 Å². The predicted octanol–water partition coefficient (Wildman–Crippen LogP) is 5.55. The second-order valence-electron chi connectivity index (χ2n) is 7.16. The number of amides is 1. The molecule has 0 bridgehead atoms. The highest BCUT2D eigenvalue weighted by molar-refractivity contribution is 7.99. The third-order valence-corrected chi connectivity index (χ3v) is 5.72. The molecule has 1 heterocycles. The lowest BCUT2D eigenvalue weighted by Crippen LogP contribution is -2.14. The lowest BCUT2D eigenvalue weighted by Gasteiger charge is -2.10. The third kappa shape index (κ3) is 5.16. The quantitative estimate of drug-likeness (QED) is 0.409. The zero-order valence-corrected chi connectivity index (χ0v) is 18.2. The van der Waals surface area contributed by atoms with Crippen LogP contribution < -0.4 is 5.32 Å². The second kappa shape index (κ2) is 9.53. The van der Waals surface area contributed by atoms with Gasteiger partial charge in [-0.15, -0.1) is 10.2 Å². The Kier molecular flexibility index (Phi) is 6.38. The van der Waals surface area contributed by atoms with Gasteiger partial charge in [-0.25, -0.2) is 4.98 Å². The molecule has 5 nitrogen and oxygen atoms in total. The molecule has 0 aliphatic carbocycles. The molecule has 1 N–H and O–H groups in total. The van der Waals surface area contributed by atoms with Gasteiger partial charge >= 0.3 is 0 Å². The number of carbonyl (C=O) groups is 1. The number of hydrogen-bond acceptors (Lipinski definition) is 5. The van der Waals surface area contributed by atoms with Crippen LogP contribution in [-0.4, -0.2) is 26.8 Å². The third-order valence-electron chi connectivity index (χ3n) is 4.88. The van der Waals surface area contributed by atoms with Gasteiger partial charge in [0.15, 0.2) is 0 Å². The number of aryl methyl sites for hydroxylation is 2. The van der Waals surface area contributed by atoms with Gasteiger partial charge in [0.1, 0.15) is 11.4 Å². The Balaban J connectivity index is 1.54. The normalized spacial score (nSPS) is 10.6. The average Bonchev–Trinajstić information content (AvgIpc) is 2.81. The summed E-state index contributed by atoms with van der Waals surface area (Å²) < 4.78 is 0. The first kappa shape index (κ1) is 20.8. The first-order chi connectivity index (χ1) is 15.1. The molecule has 0 saturated carbocycles. The van der Waals surface area contributed by atoms with Crippen molar-refractivity contribution in [3.8, 4) is 22.5 Å². The molecule has 0 atom stereocenters. The van der Waals surface area contributed by atoms with E-state index in [1.54, 1.807) is 0 Å². The van der Waals surface area contributed by atoms with Gasteiger partial charge < -0.3 is 5.32 Å². The topological polar surface area (TPSA) is 67.8 Å². The van der Waals surface area contributed by atoms with Crippen LogP contribution in [0.1, 0.15) is 11.1 Å². The Labute approximate surface area is 186 Å². The lowest BCUT2D eigenvalue weighted by molar-refractivity contribution is -0.113. The number of benzene rings is 3. The van der Waals surface area contributed by atoms with Crippen molar-refractivity contribution < 1.29 is 4.79 Å². The molecule has 0 radical (unpaired) electrons. The monoisotopic (exact) mass is 426 g/mol. The molecule has 0 aliphatic rings. The summed E-state index contributed by atoms with van der Waals surface area (Å²) in [6.45, 7) is 4.07. The molecule has 154 valence electrons. The molecule has 0 aliphatic heterocycles. The zero-order valence-electron chi connectivity index (χ0n) is 17.4. The fourth-order valence-electron chi connectivity index (χ4n) is 3.11. The smallest absolute Gasteiger partial charge is 0.234 e. The van der Waals surface area contributed by atoms with E-state index in [0.717, 1.165) is 33.8 Å². The van der Waals surface area contributed by atoms with E-state index in [1.165, 1.54) is 17.3 Å². The first-order valence-electron chi connectivity index (χ1n) is 9.95. The molecule has 4 rings (SSSR count). The van der Waals surface area contributed by atoms with Gasteiger partial charge in [0, 0.05) is 16.8 Å². The van der Waals surface area contributed by atoms with Crippen LogP contribution in [-0.2, 0) is 4.79 Å². The highest BCUT2D eigenvalue weighted by atomic mass is 32.2. The molecule has 0 unspecified atom stereocenters. The van der Waals surface area contributed by atoms with Crippen molar-refractivity contribution >= 4 is 23.4 Å². The highest BCUT2D eigenvalue weighted by Gasteiger charge is 2.14. The Morgan fingerprint density at radius 1 is 0.806 bits per heavy atom. The molecule has 0 fully saturated rings. The molecule has 1 amide bonds. The maximum absolute atomic E-state index is 12.4. The molecule has 0 saturated heterocycles. The summed E-state index contributed by atoms with van der Waals surface area (Å²) in [7, 11) is 0. The number of thioether (sulfide) groups is 1. The van der Waals surface area contributed by atoms with Crippen LogP contribution in [0.15, 0.2) is 84.0 Å². The van der Waals surface area contributed by atoms with E-state index in [1.807, 2.05) is 92.7 Å². The molecular formula is C25H22N4OS. The van der Waals surface area contributed by atoms with Crippen LogP contribution in [0.5, 0.6) is 0 Å². The SMILES string of the molecule is Cc1ccc(NC(=O)CSc2nnc(-c3ccccc3)c(-c3ccccc3)n2)cc1C. The van der Waals surface area contributed by atoms with Crippen molar-refractivity contribution in [2.75, 3.05) is 11.1 Å². The fraction of sp³-hybridized carbons (Fsp3) is 0.120. The lowest BCUT2D eigenvalue weighted by atomic mass is 10.0. The first-order valence-corrected chi connectivity index (χ1v) is 10.9. The van der Waals surface area contributed by atoms with Crippen LogP contribution in [0.2, 0.25) is 0 Å². The standard InChI is InChI=1S/C25H22N4OS/c1-17-13-14-21(15-18(17)2)26-22(30)16-31-25-27-23(19-9-5-3-6-10-19)24(28-29-25)20-11-7-4-8-12-20/h3-15H,16H2,1-2H3,(H,26,30). The minimum absolute atomic E-state index is 0.106. The second-order valence-corrected chi connectivity index (χ2v) is 8.10. The number of nitrogens with zero attached hydrogens (tertiary/aromatic N) is 3. The summed E-state index contributed by atoms with van der Waals surface area (Å²) in [6.07, 6.45) is 0. The maximum atomic E-state index is 12.4. The van der Waals surface area contributed by atoms with E-state index >= 15 is 0 Å². The van der Waals surface area contributed by atoms with Gasteiger partial charge in [-0.2, -0.15) is 0 Å². The van der Waals surface area contributed by atoms with Gasteiger partial charge in [0.2, 0.25) is 11.1 Å². The fourth-order valence-corrected chi connectivity index (χ4v) is 3.69. The van der Waals surface area contributed by atoms with Crippen LogP contribution in [0.25, 0.3) is 22.5 Å². The Bertz CT molecular complexity index is 1200. The minimum Gasteiger partial charge on any atom is -0.325 e. The summed E-state index contributed by atoms with van der Waals surface area (Å²) in [4.78, 5) is 17.2. The van der Waals surface area contributed by atoms with Crippen molar-refractivity contribution in [1.82, 2.24) is 15.2 Å². The van der Waals surface area contributed by atoms with Gasteiger partial charge in [-0.3, -0.25) is 4.79 Å². The Morgan fingerprint density at radius 2 is 1.45 bits per heavy atom. The van der Waals surface area contributed by atoms with Crippen molar-refractivity contribution in [2.45, 2.75) is 19.0 Å². The molecule has 4 aromatic rings. The van der Waals surface area contributed by atoms with E-state index in [4.69, 9.17) is 4.98 Å². The van der Waals surface area contributed by atoms with Crippen molar-refractivity contribution in [3.05, 3.63) is 90.0 Å². The van der Waals surface area contributed by atoms with Crippen molar-refractivity contribution in [3.63, 3.8) is 0 Å². The van der Waals surface area contributed by atoms with Gasteiger partial charge in [0.25, 0.3) is 0 Å². The van der Waals surface area contributed by atoms with Crippen LogP contribution >= 0.6 is 11.8 Å². The number of aromatic nitrogens is 3. The molecule has 1 aromatic heterocycles. The van der Waals surface area contributed by atoms with Crippen LogP contribution in [0.4, 0.5) is 5.69 Å². The summed E-state index contributed by atoms with van der Waals surface area (Å²) in [6, 6.07) is 25.6.